The summed E-state index contributed by atoms with van der Waals surface area (Å²) in [5.74, 6) is -0.787. The molecule has 0 radical (unpaired) electrons. The summed E-state index contributed by atoms with van der Waals surface area (Å²) in [4.78, 5) is 29.3. The minimum absolute atomic E-state index is 0.0319. The molecule has 44 heavy (non-hydrogen) atoms. The van der Waals surface area contributed by atoms with E-state index in [4.69, 9.17) is 14.9 Å². The number of nitrogens with zero attached hydrogens (tertiary/aromatic N) is 3. The standard InChI is InChI=1S/C31H24F3N5O4S/c1-3-39-14-21(16(2)38-39)20-13-24(31(32,33)34)36-30-25(20)26(27(44-30)28(35)40)37-29(41)23-12-11-18(43-23)15-42-22-10-6-8-17-7-4-5-9-19(17)22/h4-14H,3,15H2,1-2H3,(H2,35,40)(H,37,41). The quantitative estimate of drug-likeness (QED) is 0.186. The molecule has 0 bridgehead atoms. The monoisotopic (exact) mass is 619 g/mol. The maximum absolute atomic E-state index is 13.9. The van der Waals surface area contributed by atoms with Crippen LogP contribution in [0.2, 0.25) is 0 Å². The van der Waals surface area contributed by atoms with Crippen LogP contribution in [-0.2, 0) is 19.3 Å². The Morgan fingerprint density at radius 1 is 1.09 bits per heavy atom. The molecule has 0 spiro atoms. The first kappa shape index (κ1) is 28.9. The molecule has 13 heteroatoms. The van der Waals surface area contributed by atoms with Gasteiger partial charge in [0.05, 0.1) is 11.4 Å². The van der Waals surface area contributed by atoms with Gasteiger partial charge in [-0.1, -0.05) is 36.4 Å². The molecule has 6 rings (SSSR count). The molecule has 224 valence electrons. The van der Waals surface area contributed by atoms with E-state index < -0.39 is 23.7 Å². The fraction of sp³-hybridized carbons (Fsp3) is 0.161. The predicted molar refractivity (Wildman–Crippen MR) is 160 cm³/mol. The molecule has 2 amide bonds. The van der Waals surface area contributed by atoms with Crippen molar-refractivity contribution in [2.45, 2.75) is 33.2 Å². The number of furan rings is 1. The first-order valence-corrected chi connectivity index (χ1v) is 14.2. The highest BCUT2D eigenvalue weighted by atomic mass is 32.1. The van der Waals surface area contributed by atoms with Gasteiger partial charge in [0, 0.05) is 29.1 Å². The Kier molecular flexibility index (Phi) is 7.33. The van der Waals surface area contributed by atoms with Crippen LogP contribution >= 0.6 is 11.3 Å². The molecule has 2 aromatic carbocycles. The zero-order valence-corrected chi connectivity index (χ0v) is 24.2. The van der Waals surface area contributed by atoms with E-state index in [0.29, 0.717) is 40.6 Å². The lowest BCUT2D eigenvalue weighted by atomic mass is 10.0. The smallest absolute Gasteiger partial charge is 0.433 e. The lowest BCUT2D eigenvalue weighted by Gasteiger charge is -2.11. The van der Waals surface area contributed by atoms with Crippen LogP contribution in [0.3, 0.4) is 0 Å². The number of thiophene rings is 1. The third kappa shape index (κ3) is 5.37. The van der Waals surface area contributed by atoms with E-state index in [1.807, 2.05) is 49.4 Å². The van der Waals surface area contributed by atoms with E-state index in [2.05, 4.69) is 15.4 Å². The van der Waals surface area contributed by atoms with Gasteiger partial charge < -0.3 is 20.2 Å². The summed E-state index contributed by atoms with van der Waals surface area (Å²) in [6.07, 6.45) is -3.16. The second kappa shape index (κ2) is 11.2. The Hall–Kier alpha value is -5.17. The number of primary amides is 1. The van der Waals surface area contributed by atoms with Crippen molar-refractivity contribution in [1.29, 1.82) is 0 Å². The maximum atomic E-state index is 13.9. The minimum atomic E-state index is -4.77. The van der Waals surface area contributed by atoms with Crippen LogP contribution in [0, 0.1) is 6.92 Å². The molecule has 9 nitrogen and oxygen atoms in total. The lowest BCUT2D eigenvalue weighted by Crippen LogP contribution is -2.16. The summed E-state index contributed by atoms with van der Waals surface area (Å²) >= 11 is 0.660. The number of pyridine rings is 1. The summed E-state index contributed by atoms with van der Waals surface area (Å²) in [7, 11) is 0. The molecule has 0 aliphatic heterocycles. The van der Waals surface area contributed by atoms with Gasteiger partial charge in [0.2, 0.25) is 0 Å². The zero-order valence-electron chi connectivity index (χ0n) is 23.4. The van der Waals surface area contributed by atoms with E-state index in [1.54, 1.807) is 23.9 Å². The molecule has 3 N–H and O–H groups in total. The average Bonchev–Trinajstić information content (AvgIpc) is 3.72. The molecule has 0 atom stereocenters. The van der Waals surface area contributed by atoms with Gasteiger partial charge in [0.1, 0.15) is 33.5 Å². The van der Waals surface area contributed by atoms with Crippen molar-refractivity contribution in [3.05, 3.63) is 94.6 Å². The van der Waals surface area contributed by atoms with Crippen LogP contribution in [0.1, 0.15) is 44.3 Å². The molecular formula is C31H24F3N5O4S. The average molecular weight is 620 g/mol. The number of aryl methyl sites for hydroxylation is 2. The van der Waals surface area contributed by atoms with Gasteiger partial charge >= 0.3 is 6.18 Å². The van der Waals surface area contributed by atoms with Crippen LogP contribution < -0.4 is 15.8 Å². The lowest BCUT2D eigenvalue weighted by molar-refractivity contribution is -0.140. The summed E-state index contributed by atoms with van der Waals surface area (Å²) < 4.78 is 54.9. The van der Waals surface area contributed by atoms with Crippen LogP contribution in [0.5, 0.6) is 5.75 Å². The third-order valence-electron chi connectivity index (χ3n) is 6.98. The number of aromatic nitrogens is 3. The van der Waals surface area contributed by atoms with Crippen LogP contribution in [-0.4, -0.2) is 26.6 Å². The number of benzene rings is 2. The molecule has 4 heterocycles. The van der Waals surface area contributed by atoms with Crippen molar-refractivity contribution < 1.29 is 31.9 Å². The highest BCUT2D eigenvalue weighted by Crippen LogP contribution is 2.44. The second-order valence-corrected chi connectivity index (χ2v) is 10.9. The number of amides is 2. The first-order valence-electron chi connectivity index (χ1n) is 13.4. The number of anilines is 1. The maximum Gasteiger partial charge on any atom is 0.433 e. The molecule has 6 aromatic rings. The second-order valence-electron chi connectivity index (χ2n) is 9.87. The zero-order chi connectivity index (χ0) is 31.2. The largest absolute Gasteiger partial charge is 0.485 e. The number of nitrogens with two attached hydrogens (primary N) is 1. The van der Waals surface area contributed by atoms with Gasteiger partial charge in [-0.15, -0.1) is 11.3 Å². The van der Waals surface area contributed by atoms with Gasteiger partial charge in [0.25, 0.3) is 11.8 Å². The highest BCUT2D eigenvalue weighted by molar-refractivity contribution is 7.21. The predicted octanol–water partition coefficient (Wildman–Crippen LogP) is 7.18. The van der Waals surface area contributed by atoms with Crippen molar-refractivity contribution in [2.24, 2.45) is 5.73 Å². The van der Waals surface area contributed by atoms with E-state index in [-0.39, 0.29) is 38.7 Å². The molecular weight excluding hydrogens is 595 g/mol. The molecule has 0 saturated carbocycles. The van der Waals surface area contributed by atoms with E-state index in [0.717, 1.165) is 16.8 Å². The van der Waals surface area contributed by atoms with Gasteiger partial charge in [-0.2, -0.15) is 18.3 Å². The number of carbonyl (C=O) groups excluding carboxylic acids is 2. The fourth-order valence-electron chi connectivity index (χ4n) is 4.92. The van der Waals surface area contributed by atoms with Crippen molar-refractivity contribution in [3.8, 4) is 16.9 Å². The number of rotatable bonds is 8. The number of carbonyl (C=O) groups is 2. The van der Waals surface area contributed by atoms with Crippen molar-refractivity contribution in [3.63, 3.8) is 0 Å². The van der Waals surface area contributed by atoms with Crippen LogP contribution in [0.15, 0.2) is 71.3 Å². The normalized spacial score (nSPS) is 11.8. The van der Waals surface area contributed by atoms with E-state index in [9.17, 15) is 22.8 Å². The van der Waals surface area contributed by atoms with Gasteiger partial charge in [0.15, 0.2) is 5.76 Å². The molecule has 0 fully saturated rings. The van der Waals surface area contributed by atoms with E-state index >= 15 is 0 Å². The summed E-state index contributed by atoms with van der Waals surface area (Å²) in [6, 6.07) is 17.3. The molecule has 0 aliphatic rings. The molecule has 4 aromatic heterocycles. The van der Waals surface area contributed by atoms with Crippen molar-refractivity contribution in [1.82, 2.24) is 14.8 Å². The molecule has 0 unspecified atom stereocenters. The van der Waals surface area contributed by atoms with Crippen LogP contribution in [0.4, 0.5) is 18.9 Å². The number of alkyl halides is 3. The summed E-state index contributed by atoms with van der Waals surface area (Å²) in [5.41, 5.74) is 5.34. The van der Waals surface area contributed by atoms with Gasteiger partial charge in [-0.25, -0.2) is 4.98 Å². The Labute approximate surface area is 252 Å². The Bertz CT molecular complexity index is 2060. The summed E-state index contributed by atoms with van der Waals surface area (Å²) in [5, 5.41) is 9.05. The number of hydrogen-bond acceptors (Lipinski definition) is 7. The Morgan fingerprint density at radius 3 is 2.59 bits per heavy atom. The fourth-order valence-corrected chi connectivity index (χ4v) is 5.92. The summed E-state index contributed by atoms with van der Waals surface area (Å²) in [6.45, 7) is 4.01. The number of hydrogen-bond donors (Lipinski definition) is 2. The number of ether oxygens (including phenoxy) is 1. The number of halogens is 3. The van der Waals surface area contributed by atoms with Gasteiger partial charge in [-0.3, -0.25) is 14.3 Å². The molecule has 0 saturated heterocycles. The molecule has 0 aliphatic carbocycles. The SMILES string of the molecule is CCn1cc(-c2cc(C(F)(F)F)nc3sc(C(N)=O)c(NC(=O)c4ccc(COc5cccc6ccccc56)o4)c23)c(C)n1. The Balaban J connectivity index is 1.35. The van der Waals surface area contributed by atoms with Gasteiger partial charge in [-0.05, 0) is 49.1 Å². The topological polar surface area (TPSA) is 125 Å². The van der Waals surface area contributed by atoms with Crippen molar-refractivity contribution >= 4 is 49.8 Å². The third-order valence-corrected chi connectivity index (χ3v) is 8.08. The number of nitrogens with one attached hydrogen (secondary N) is 1. The van der Waals surface area contributed by atoms with Crippen LogP contribution in [0.25, 0.3) is 32.1 Å². The van der Waals surface area contributed by atoms with E-state index in [1.165, 1.54) is 6.07 Å². The minimum Gasteiger partial charge on any atom is -0.485 e. The Morgan fingerprint density at radius 2 is 1.86 bits per heavy atom. The highest BCUT2D eigenvalue weighted by Gasteiger charge is 2.35. The number of fused-ring (bicyclic) bond motifs is 2. The first-order chi connectivity index (χ1) is 21.0. The van der Waals surface area contributed by atoms with Crippen molar-refractivity contribution in [2.75, 3.05) is 5.32 Å².